The lowest BCUT2D eigenvalue weighted by molar-refractivity contribution is 0.351. The molecule has 1 aliphatic rings. The zero-order valence-corrected chi connectivity index (χ0v) is 8.61. The average Bonchev–Trinajstić information content (AvgIpc) is 2.30. The second-order valence-corrected chi connectivity index (χ2v) is 3.53. The van der Waals surface area contributed by atoms with E-state index >= 15 is 0 Å². The first kappa shape index (κ1) is 10.2. The fraction of sp³-hybridized carbons (Fsp3) is 0.333. The molecule has 0 amide bonds. The molecule has 2 nitrogen and oxygen atoms in total. The summed E-state index contributed by atoms with van der Waals surface area (Å²) in [5.41, 5.74) is 1.04. The van der Waals surface area contributed by atoms with Crippen LogP contribution >= 0.6 is 0 Å². The SMILES string of the molecule is COc1ccccc1C1C=CC(F)CN1. The number of para-hydroxylation sites is 1. The summed E-state index contributed by atoms with van der Waals surface area (Å²) in [6.07, 6.45) is 2.55. The maximum absolute atomic E-state index is 12.9. The van der Waals surface area contributed by atoms with Crippen molar-refractivity contribution in [2.24, 2.45) is 0 Å². The largest absolute Gasteiger partial charge is 0.496 e. The highest BCUT2D eigenvalue weighted by Gasteiger charge is 2.17. The average molecular weight is 207 g/mol. The predicted molar refractivity (Wildman–Crippen MR) is 57.8 cm³/mol. The van der Waals surface area contributed by atoms with Gasteiger partial charge in [0.1, 0.15) is 11.9 Å². The quantitative estimate of drug-likeness (QED) is 0.751. The molecule has 2 rings (SSSR count). The smallest absolute Gasteiger partial charge is 0.131 e. The Morgan fingerprint density at radius 3 is 2.80 bits per heavy atom. The zero-order valence-electron chi connectivity index (χ0n) is 8.61. The third-order valence-electron chi connectivity index (χ3n) is 2.52. The van der Waals surface area contributed by atoms with E-state index in [0.29, 0.717) is 6.54 Å². The molecule has 80 valence electrons. The van der Waals surface area contributed by atoms with E-state index in [0.717, 1.165) is 11.3 Å². The van der Waals surface area contributed by atoms with Gasteiger partial charge in [-0.25, -0.2) is 4.39 Å². The molecule has 0 bridgehead atoms. The van der Waals surface area contributed by atoms with E-state index in [1.165, 1.54) is 0 Å². The molecule has 1 aromatic carbocycles. The molecule has 1 N–H and O–H groups in total. The Bertz CT molecular complexity index is 364. The Balaban J connectivity index is 2.25. The molecule has 1 heterocycles. The van der Waals surface area contributed by atoms with Crippen LogP contribution in [0.25, 0.3) is 0 Å². The summed E-state index contributed by atoms with van der Waals surface area (Å²) in [7, 11) is 1.64. The second kappa shape index (κ2) is 4.45. The van der Waals surface area contributed by atoms with Gasteiger partial charge in [-0.05, 0) is 6.07 Å². The van der Waals surface area contributed by atoms with Crippen molar-refractivity contribution in [2.75, 3.05) is 13.7 Å². The van der Waals surface area contributed by atoms with Crippen LogP contribution in [0.1, 0.15) is 11.6 Å². The molecule has 0 aliphatic carbocycles. The zero-order chi connectivity index (χ0) is 10.7. The molecule has 0 fully saturated rings. The van der Waals surface area contributed by atoms with E-state index in [9.17, 15) is 4.39 Å². The molecule has 1 aliphatic heterocycles. The Morgan fingerprint density at radius 2 is 2.13 bits per heavy atom. The highest BCUT2D eigenvalue weighted by molar-refractivity contribution is 5.38. The fourth-order valence-electron chi connectivity index (χ4n) is 1.74. The highest BCUT2D eigenvalue weighted by atomic mass is 19.1. The standard InChI is InChI=1S/C12H14FNO/c1-15-12-5-3-2-4-10(12)11-7-6-9(13)8-14-11/h2-7,9,11,14H,8H2,1H3. The first-order valence-corrected chi connectivity index (χ1v) is 5.00. The minimum Gasteiger partial charge on any atom is -0.496 e. The van der Waals surface area contributed by atoms with Crippen LogP contribution in [0.5, 0.6) is 5.75 Å². The molecule has 0 spiro atoms. The maximum atomic E-state index is 12.9. The van der Waals surface area contributed by atoms with Gasteiger partial charge in [0.15, 0.2) is 0 Å². The second-order valence-electron chi connectivity index (χ2n) is 3.53. The van der Waals surface area contributed by atoms with Gasteiger partial charge in [0.2, 0.25) is 0 Å². The minimum absolute atomic E-state index is 0.0492. The number of nitrogens with one attached hydrogen (secondary N) is 1. The summed E-state index contributed by atoms with van der Waals surface area (Å²) in [4.78, 5) is 0. The van der Waals surface area contributed by atoms with Crippen molar-refractivity contribution in [3.8, 4) is 5.75 Å². The fourth-order valence-corrected chi connectivity index (χ4v) is 1.74. The summed E-state index contributed by atoms with van der Waals surface area (Å²) in [6.45, 7) is 0.360. The van der Waals surface area contributed by atoms with Crippen molar-refractivity contribution < 1.29 is 9.13 Å². The van der Waals surface area contributed by atoms with Crippen molar-refractivity contribution in [1.82, 2.24) is 5.32 Å². The van der Waals surface area contributed by atoms with Gasteiger partial charge in [-0.1, -0.05) is 30.4 Å². The van der Waals surface area contributed by atoms with Gasteiger partial charge in [-0.15, -0.1) is 0 Å². The Morgan fingerprint density at radius 1 is 1.33 bits per heavy atom. The van der Waals surface area contributed by atoms with Gasteiger partial charge in [0.05, 0.1) is 13.2 Å². The highest BCUT2D eigenvalue weighted by Crippen LogP contribution is 2.27. The number of benzene rings is 1. The molecule has 1 aromatic rings. The van der Waals surface area contributed by atoms with E-state index < -0.39 is 6.17 Å². The lowest BCUT2D eigenvalue weighted by Gasteiger charge is -2.22. The van der Waals surface area contributed by atoms with Crippen molar-refractivity contribution in [2.45, 2.75) is 12.2 Å². The summed E-state index contributed by atoms with van der Waals surface area (Å²) in [5.74, 6) is 0.831. The summed E-state index contributed by atoms with van der Waals surface area (Å²) < 4.78 is 18.1. The molecule has 0 radical (unpaired) electrons. The molecule has 2 unspecified atom stereocenters. The third kappa shape index (κ3) is 2.18. The van der Waals surface area contributed by atoms with E-state index in [1.807, 2.05) is 30.3 Å². The third-order valence-corrected chi connectivity index (χ3v) is 2.52. The number of rotatable bonds is 2. The summed E-state index contributed by atoms with van der Waals surface area (Å²) in [5, 5.41) is 3.12. The molecule has 15 heavy (non-hydrogen) atoms. The lowest BCUT2D eigenvalue weighted by atomic mass is 10.0. The Labute approximate surface area is 88.8 Å². The normalized spacial score (nSPS) is 25.2. The first-order valence-electron chi connectivity index (χ1n) is 5.00. The number of ether oxygens (including phenoxy) is 1. The van der Waals surface area contributed by atoms with Crippen LogP contribution in [-0.4, -0.2) is 19.8 Å². The topological polar surface area (TPSA) is 21.3 Å². The lowest BCUT2D eigenvalue weighted by Crippen LogP contribution is -2.30. The van der Waals surface area contributed by atoms with E-state index in [4.69, 9.17) is 4.74 Å². The van der Waals surface area contributed by atoms with E-state index in [1.54, 1.807) is 13.2 Å². The summed E-state index contributed by atoms with van der Waals surface area (Å²) >= 11 is 0. The number of hydrogen-bond acceptors (Lipinski definition) is 2. The molecule has 3 heteroatoms. The van der Waals surface area contributed by atoms with Gasteiger partial charge in [-0.3, -0.25) is 0 Å². The monoisotopic (exact) mass is 207 g/mol. The maximum Gasteiger partial charge on any atom is 0.131 e. The molecule has 0 aromatic heterocycles. The number of hydrogen-bond donors (Lipinski definition) is 1. The molecule has 2 atom stereocenters. The number of alkyl halides is 1. The van der Waals surface area contributed by atoms with Crippen LogP contribution in [0.4, 0.5) is 4.39 Å². The van der Waals surface area contributed by atoms with Gasteiger partial charge in [0, 0.05) is 12.1 Å². The minimum atomic E-state index is -0.879. The van der Waals surface area contributed by atoms with Gasteiger partial charge >= 0.3 is 0 Å². The summed E-state index contributed by atoms with van der Waals surface area (Å²) in [6, 6.07) is 7.82. The van der Waals surface area contributed by atoms with Gasteiger partial charge in [0.25, 0.3) is 0 Å². The number of methoxy groups -OCH3 is 1. The van der Waals surface area contributed by atoms with Crippen molar-refractivity contribution in [3.05, 3.63) is 42.0 Å². The van der Waals surface area contributed by atoms with Crippen LogP contribution in [0.15, 0.2) is 36.4 Å². The molecular formula is C12H14FNO. The van der Waals surface area contributed by atoms with Crippen LogP contribution in [0.3, 0.4) is 0 Å². The predicted octanol–water partition coefficient (Wildman–Crippen LogP) is 2.23. The molecular weight excluding hydrogens is 193 g/mol. The molecule has 0 saturated heterocycles. The molecule has 0 saturated carbocycles. The van der Waals surface area contributed by atoms with Crippen LogP contribution < -0.4 is 10.1 Å². The van der Waals surface area contributed by atoms with Crippen LogP contribution in [0.2, 0.25) is 0 Å². The first-order chi connectivity index (χ1) is 7.31. The van der Waals surface area contributed by atoms with E-state index in [2.05, 4.69) is 5.32 Å². The van der Waals surface area contributed by atoms with Crippen LogP contribution in [0, 0.1) is 0 Å². The van der Waals surface area contributed by atoms with E-state index in [-0.39, 0.29) is 6.04 Å². The number of halogens is 1. The van der Waals surface area contributed by atoms with Gasteiger partial charge < -0.3 is 10.1 Å². The van der Waals surface area contributed by atoms with Gasteiger partial charge in [-0.2, -0.15) is 0 Å². The van der Waals surface area contributed by atoms with Crippen molar-refractivity contribution in [1.29, 1.82) is 0 Å². The van der Waals surface area contributed by atoms with Crippen LogP contribution in [-0.2, 0) is 0 Å². The van der Waals surface area contributed by atoms with Crippen molar-refractivity contribution in [3.63, 3.8) is 0 Å². The Kier molecular flexibility index (Phi) is 3.02. The Hall–Kier alpha value is -1.35. The van der Waals surface area contributed by atoms with Crippen molar-refractivity contribution >= 4 is 0 Å².